The van der Waals surface area contributed by atoms with Gasteiger partial charge in [0.1, 0.15) is 30.4 Å². The number of nitrogens with two attached hydrogens (primary N) is 1. The molecule has 5 atom stereocenters. The van der Waals surface area contributed by atoms with Gasteiger partial charge in [0.15, 0.2) is 0 Å². The summed E-state index contributed by atoms with van der Waals surface area (Å²) in [6, 6.07) is 13.7. The van der Waals surface area contributed by atoms with E-state index in [0.717, 1.165) is 5.56 Å². The highest BCUT2D eigenvalue weighted by Gasteiger charge is 2.44. The predicted molar refractivity (Wildman–Crippen MR) is 171 cm³/mol. The van der Waals surface area contributed by atoms with Crippen molar-refractivity contribution in [2.24, 2.45) is 11.7 Å². The molecule has 1 aromatic heterocycles. The van der Waals surface area contributed by atoms with Gasteiger partial charge in [-0.15, -0.1) is 5.10 Å². The fourth-order valence-corrected chi connectivity index (χ4v) is 5.29. The number of nitrogens with zero attached hydrogens (tertiary/aromatic N) is 4. The third-order valence-electron chi connectivity index (χ3n) is 8.16. The summed E-state index contributed by atoms with van der Waals surface area (Å²) >= 11 is 0. The molecule has 3 aromatic rings. The van der Waals surface area contributed by atoms with Crippen LogP contribution in [-0.4, -0.2) is 87.3 Å². The van der Waals surface area contributed by atoms with E-state index in [-0.39, 0.29) is 37.8 Å². The Hall–Kier alpha value is -5.11. The standard InChI is InChI=1S/C33H42N8O6/c1-20(2)28(37-30(43)21(3)35-4)32(45)40-18-25(41-17-24(38-39-41)19-47-33(46)23-13-9-6-10-14-23)16-27(40)31(44)36-26(29(34)42)15-22-11-7-5-8-12-22/h5-14,17,20-21,25-28,35H,15-16,18-19H2,1-4H3,(H2,34,42)(H,36,44)(H,37,43)/t21-,25+,26-,27-,28-/m0/s1. The number of likely N-dealkylation sites (tertiary alicyclic amines) is 1. The van der Waals surface area contributed by atoms with Crippen molar-refractivity contribution in [3.63, 3.8) is 0 Å². The zero-order chi connectivity index (χ0) is 34.1. The average Bonchev–Trinajstić information content (AvgIpc) is 3.73. The minimum absolute atomic E-state index is 0.0735. The molecule has 1 aliphatic heterocycles. The highest BCUT2D eigenvalue weighted by molar-refractivity contribution is 5.95. The molecular formula is C33H42N8O6. The monoisotopic (exact) mass is 646 g/mol. The van der Waals surface area contributed by atoms with Crippen LogP contribution in [-0.2, 0) is 36.9 Å². The van der Waals surface area contributed by atoms with Crippen molar-refractivity contribution in [3.8, 4) is 0 Å². The maximum Gasteiger partial charge on any atom is 0.338 e. The number of primary amides is 1. The van der Waals surface area contributed by atoms with E-state index in [4.69, 9.17) is 10.5 Å². The highest BCUT2D eigenvalue weighted by atomic mass is 16.5. The Labute approximate surface area is 273 Å². The van der Waals surface area contributed by atoms with Crippen molar-refractivity contribution in [1.82, 2.24) is 35.8 Å². The number of benzene rings is 2. The van der Waals surface area contributed by atoms with Gasteiger partial charge in [-0.25, -0.2) is 9.48 Å². The van der Waals surface area contributed by atoms with Gasteiger partial charge in [-0.05, 0) is 37.6 Å². The van der Waals surface area contributed by atoms with Crippen LogP contribution in [0.1, 0.15) is 54.8 Å². The van der Waals surface area contributed by atoms with Crippen LogP contribution < -0.4 is 21.7 Å². The molecule has 250 valence electrons. The number of hydrogen-bond acceptors (Lipinski definition) is 9. The van der Waals surface area contributed by atoms with E-state index in [9.17, 15) is 24.0 Å². The molecular weight excluding hydrogens is 604 g/mol. The number of likely N-dealkylation sites (N-methyl/N-ethyl adjacent to an activating group) is 1. The third-order valence-corrected chi connectivity index (χ3v) is 8.16. The van der Waals surface area contributed by atoms with Crippen LogP contribution >= 0.6 is 0 Å². The maximum atomic E-state index is 14.1. The fraction of sp³-hybridized carbons (Fsp3) is 0.424. The minimum Gasteiger partial charge on any atom is -0.455 e. The number of aromatic nitrogens is 3. The Morgan fingerprint density at radius 3 is 2.26 bits per heavy atom. The molecule has 0 bridgehead atoms. The maximum absolute atomic E-state index is 14.1. The largest absolute Gasteiger partial charge is 0.455 e. The lowest BCUT2D eigenvalue weighted by molar-refractivity contribution is -0.143. The van der Waals surface area contributed by atoms with Crippen LogP contribution in [0.4, 0.5) is 0 Å². The number of carbonyl (C=O) groups excluding carboxylic acids is 5. The van der Waals surface area contributed by atoms with E-state index < -0.39 is 53.9 Å². The Kier molecular flexibility index (Phi) is 11.8. The van der Waals surface area contributed by atoms with Crippen LogP contribution in [0.2, 0.25) is 0 Å². The van der Waals surface area contributed by atoms with Crippen LogP contribution in [0.3, 0.4) is 0 Å². The van der Waals surface area contributed by atoms with Gasteiger partial charge in [0.05, 0.1) is 23.8 Å². The molecule has 2 heterocycles. The van der Waals surface area contributed by atoms with Crippen molar-refractivity contribution in [3.05, 3.63) is 83.7 Å². The Morgan fingerprint density at radius 2 is 1.64 bits per heavy atom. The number of amides is 4. The first-order chi connectivity index (χ1) is 22.5. The van der Waals surface area contributed by atoms with Gasteiger partial charge in [-0.3, -0.25) is 19.2 Å². The summed E-state index contributed by atoms with van der Waals surface area (Å²) in [5.74, 6) is -2.89. The van der Waals surface area contributed by atoms with E-state index in [1.165, 1.54) is 9.58 Å². The van der Waals surface area contributed by atoms with Crippen molar-refractivity contribution < 1.29 is 28.7 Å². The Bertz CT molecular complexity index is 1550. The molecule has 0 unspecified atom stereocenters. The molecule has 1 aliphatic rings. The van der Waals surface area contributed by atoms with Gasteiger partial charge in [0.25, 0.3) is 0 Å². The van der Waals surface area contributed by atoms with E-state index in [0.29, 0.717) is 11.3 Å². The lowest BCUT2D eigenvalue weighted by Crippen LogP contribution is -2.58. The van der Waals surface area contributed by atoms with Gasteiger partial charge in [0, 0.05) is 19.4 Å². The van der Waals surface area contributed by atoms with Gasteiger partial charge >= 0.3 is 5.97 Å². The quantitative estimate of drug-likeness (QED) is 0.183. The zero-order valence-electron chi connectivity index (χ0n) is 27.0. The second-order valence-corrected chi connectivity index (χ2v) is 11.9. The average molecular weight is 647 g/mol. The number of hydrogen-bond donors (Lipinski definition) is 4. The molecule has 14 heteroatoms. The van der Waals surface area contributed by atoms with Crippen molar-refractivity contribution in [2.75, 3.05) is 13.6 Å². The van der Waals surface area contributed by atoms with Gasteiger partial charge < -0.3 is 31.3 Å². The first kappa shape index (κ1) is 34.8. The number of rotatable bonds is 14. The zero-order valence-corrected chi connectivity index (χ0v) is 27.0. The molecule has 5 N–H and O–H groups in total. The molecule has 0 spiro atoms. The lowest BCUT2D eigenvalue weighted by Gasteiger charge is -2.31. The van der Waals surface area contributed by atoms with Gasteiger partial charge in [-0.2, -0.15) is 0 Å². The molecule has 0 aliphatic carbocycles. The Balaban J connectivity index is 1.55. The molecule has 47 heavy (non-hydrogen) atoms. The number of esters is 1. The van der Waals surface area contributed by atoms with Gasteiger partial charge in [-0.1, -0.05) is 67.6 Å². The van der Waals surface area contributed by atoms with Crippen molar-refractivity contribution in [2.45, 2.75) is 70.4 Å². The normalized spacial score (nSPS) is 17.9. The second kappa shape index (κ2) is 15.9. The van der Waals surface area contributed by atoms with Crippen molar-refractivity contribution in [1.29, 1.82) is 0 Å². The minimum atomic E-state index is -1.02. The van der Waals surface area contributed by atoms with Crippen LogP contribution in [0, 0.1) is 5.92 Å². The molecule has 2 aromatic carbocycles. The highest BCUT2D eigenvalue weighted by Crippen LogP contribution is 2.29. The molecule has 1 fully saturated rings. The molecule has 0 saturated carbocycles. The summed E-state index contributed by atoms with van der Waals surface area (Å²) in [6.07, 6.45) is 1.92. The molecule has 4 rings (SSSR count). The molecule has 14 nitrogen and oxygen atoms in total. The molecule has 4 amide bonds. The van der Waals surface area contributed by atoms with Crippen LogP contribution in [0.15, 0.2) is 66.9 Å². The lowest BCUT2D eigenvalue weighted by atomic mass is 10.0. The number of nitrogens with one attached hydrogen (secondary N) is 3. The summed E-state index contributed by atoms with van der Waals surface area (Å²) in [4.78, 5) is 66.8. The van der Waals surface area contributed by atoms with Crippen molar-refractivity contribution >= 4 is 29.6 Å². The first-order valence-electron chi connectivity index (χ1n) is 15.5. The SMILES string of the molecule is CN[C@@H](C)C(=O)N[C@H](C(=O)N1C[C@H](n2cc(COC(=O)c3ccccc3)nn2)C[C@H]1C(=O)N[C@@H](Cc1ccccc1)C(N)=O)C(C)C. The van der Waals surface area contributed by atoms with E-state index >= 15 is 0 Å². The molecule has 1 saturated heterocycles. The summed E-state index contributed by atoms with van der Waals surface area (Å²) < 4.78 is 6.90. The number of carbonyl (C=O) groups is 5. The third kappa shape index (κ3) is 9.00. The van der Waals surface area contributed by atoms with Crippen LogP contribution in [0.25, 0.3) is 0 Å². The summed E-state index contributed by atoms with van der Waals surface area (Å²) in [5, 5.41) is 16.7. The number of ether oxygens (including phenoxy) is 1. The van der Waals surface area contributed by atoms with Crippen LogP contribution in [0.5, 0.6) is 0 Å². The fourth-order valence-electron chi connectivity index (χ4n) is 5.29. The predicted octanol–water partition coefficient (Wildman–Crippen LogP) is 0.739. The van der Waals surface area contributed by atoms with E-state index in [1.54, 1.807) is 64.3 Å². The van der Waals surface area contributed by atoms with Gasteiger partial charge in [0.2, 0.25) is 23.6 Å². The summed E-state index contributed by atoms with van der Waals surface area (Å²) in [6.45, 7) is 5.23. The van der Waals surface area contributed by atoms with E-state index in [2.05, 4.69) is 26.3 Å². The Morgan fingerprint density at radius 1 is 0.979 bits per heavy atom. The summed E-state index contributed by atoms with van der Waals surface area (Å²) in [5.41, 5.74) is 7.26. The smallest absolute Gasteiger partial charge is 0.338 e. The molecule has 0 radical (unpaired) electrons. The summed E-state index contributed by atoms with van der Waals surface area (Å²) in [7, 11) is 1.64. The topological polar surface area (TPSA) is 191 Å². The first-order valence-corrected chi connectivity index (χ1v) is 15.5. The van der Waals surface area contributed by atoms with E-state index in [1.807, 2.05) is 30.3 Å². The second-order valence-electron chi connectivity index (χ2n) is 11.9.